The molecule has 0 amide bonds. The molecule has 3 rings (SSSR count). The van der Waals surface area contributed by atoms with Crippen LogP contribution in [0.3, 0.4) is 0 Å². The lowest BCUT2D eigenvalue weighted by Crippen LogP contribution is -2.52. The van der Waals surface area contributed by atoms with Crippen molar-refractivity contribution >= 4 is 5.97 Å². The van der Waals surface area contributed by atoms with Crippen LogP contribution in [0.15, 0.2) is 18.3 Å². The van der Waals surface area contributed by atoms with Crippen LogP contribution in [0, 0.1) is 0 Å². The third kappa shape index (κ3) is 2.03. The average molecular weight is 248 g/mol. The molecule has 2 heterocycles. The molecule has 1 aliphatic heterocycles. The highest BCUT2D eigenvalue weighted by atomic mass is 16.4. The monoisotopic (exact) mass is 248 g/mol. The number of allylic oxidation sites excluding steroid dienone is 1. The maximum absolute atomic E-state index is 10.7. The maximum atomic E-state index is 10.7. The van der Waals surface area contributed by atoms with E-state index in [0.29, 0.717) is 6.04 Å². The summed E-state index contributed by atoms with van der Waals surface area (Å²) in [5.74, 6) is -1.02. The molecule has 1 aromatic rings. The van der Waals surface area contributed by atoms with Crippen LogP contribution in [-0.4, -0.2) is 50.1 Å². The first-order valence-electron chi connectivity index (χ1n) is 6.30. The SMILES string of the molecule is O=C(O)c1cn(C2CN(C3C=CCCC3)C2)nn1. The van der Waals surface area contributed by atoms with Gasteiger partial charge in [0.1, 0.15) is 0 Å². The molecule has 1 atom stereocenters. The fourth-order valence-corrected chi connectivity index (χ4v) is 2.58. The van der Waals surface area contributed by atoms with Crippen molar-refractivity contribution in [3.8, 4) is 0 Å². The second-order valence-corrected chi connectivity index (χ2v) is 4.92. The molecule has 0 spiro atoms. The Kier molecular flexibility index (Phi) is 2.87. The van der Waals surface area contributed by atoms with Crippen LogP contribution in [0.25, 0.3) is 0 Å². The molecule has 18 heavy (non-hydrogen) atoms. The zero-order valence-electron chi connectivity index (χ0n) is 10.1. The Morgan fingerprint density at radius 3 is 2.89 bits per heavy atom. The highest BCUT2D eigenvalue weighted by molar-refractivity contribution is 5.84. The average Bonchev–Trinajstić information content (AvgIpc) is 2.78. The molecule has 1 fully saturated rings. The maximum Gasteiger partial charge on any atom is 0.358 e. The molecule has 0 radical (unpaired) electrons. The molecule has 2 aliphatic rings. The van der Waals surface area contributed by atoms with Gasteiger partial charge in [-0.1, -0.05) is 17.4 Å². The van der Waals surface area contributed by atoms with Crippen molar-refractivity contribution in [1.82, 2.24) is 19.9 Å². The Morgan fingerprint density at radius 1 is 1.44 bits per heavy atom. The topological polar surface area (TPSA) is 71.2 Å². The van der Waals surface area contributed by atoms with E-state index in [9.17, 15) is 4.79 Å². The molecule has 0 saturated carbocycles. The molecule has 1 aromatic heterocycles. The number of carboxylic acid groups (broad SMARTS) is 1. The number of carbonyl (C=O) groups is 1. The summed E-state index contributed by atoms with van der Waals surface area (Å²) in [5, 5.41) is 16.3. The zero-order valence-corrected chi connectivity index (χ0v) is 10.1. The number of hydrogen-bond donors (Lipinski definition) is 1. The van der Waals surface area contributed by atoms with Gasteiger partial charge in [-0.05, 0) is 19.3 Å². The molecular weight excluding hydrogens is 232 g/mol. The number of hydrogen-bond acceptors (Lipinski definition) is 4. The van der Waals surface area contributed by atoms with E-state index >= 15 is 0 Å². The van der Waals surface area contributed by atoms with Gasteiger partial charge in [0.15, 0.2) is 5.69 Å². The highest BCUT2D eigenvalue weighted by Crippen LogP contribution is 2.27. The van der Waals surface area contributed by atoms with Crippen molar-refractivity contribution in [3.63, 3.8) is 0 Å². The number of aromatic nitrogens is 3. The van der Waals surface area contributed by atoms with E-state index in [4.69, 9.17) is 5.11 Å². The van der Waals surface area contributed by atoms with Crippen molar-refractivity contribution < 1.29 is 9.90 Å². The second-order valence-electron chi connectivity index (χ2n) is 4.92. The summed E-state index contributed by atoms with van der Waals surface area (Å²) in [6.07, 6.45) is 9.72. The van der Waals surface area contributed by atoms with Crippen LogP contribution >= 0.6 is 0 Å². The Morgan fingerprint density at radius 2 is 2.28 bits per heavy atom. The fourth-order valence-electron chi connectivity index (χ4n) is 2.58. The highest BCUT2D eigenvalue weighted by Gasteiger charge is 2.33. The van der Waals surface area contributed by atoms with Crippen molar-refractivity contribution in [3.05, 3.63) is 24.0 Å². The first kappa shape index (κ1) is 11.4. The van der Waals surface area contributed by atoms with Crippen LogP contribution in [0.1, 0.15) is 35.8 Å². The van der Waals surface area contributed by atoms with Gasteiger partial charge in [0, 0.05) is 19.1 Å². The molecule has 6 heteroatoms. The number of rotatable bonds is 3. The Bertz CT molecular complexity index is 476. The van der Waals surface area contributed by atoms with Gasteiger partial charge in [0.05, 0.1) is 12.2 Å². The summed E-state index contributed by atoms with van der Waals surface area (Å²) in [6.45, 7) is 1.86. The van der Waals surface area contributed by atoms with Crippen LogP contribution in [0.5, 0.6) is 0 Å². The summed E-state index contributed by atoms with van der Waals surface area (Å²) in [4.78, 5) is 13.1. The second kappa shape index (κ2) is 4.53. The number of likely N-dealkylation sites (tertiary alicyclic amines) is 1. The number of nitrogens with zero attached hydrogens (tertiary/aromatic N) is 4. The Labute approximate surface area is 105 Å². The van der Waals surface area contributed by atoms with Gasteiger partial charge in [-0.15, -0.1) is 5.10 Å². The molecule has 0 bridgehead atoms. The van der Waals surface area contributed by atoms with Gasteiger partial charge in [-0.2, -0.15) is 0 Å². The lowest BCUT2D eigenvalue weighted by atomic mass is 9.97. The summed E-state index contributed by atoms with van der Waals surface area (Å²) < 4.78 is 1.67. The fraction of sp³-hybridized carbons (Fsp3) is 0.583. The summed E-state index contributed by atoms with van der Waals surface area (Å²) in [6, 6.07) is 0.818. The minimum absolute atomic E-state index is 0.0195. The Balaban J connectivity index is 1.59. The van der Waals surface area contributed by atoms with Gasteiger partial charge < -0.3 is 5.11 Å². The first-order valence-corrected chi connectivity index (χ1v) is 6.30. The van der Waals surface area contributed by atoms with Crippen molar-refractivity contribution in [1.29, 1.82) is 0 Å². The van der Waals surface area contributed by atoms with Gasteiger partial charge in [-0.3, -0.25) is 4.90 Å². The molecule has 0 aromatic carbocycles. The Hall–Kier alpha value is -1.69. The molecule has 96 valence electrons. The van der Waals surface area contributed by atoms with Gasteiger partial charge >= 0.3 is 5.97 Å². The summed E-state index contributed by atoms with van der Waals surface area (Å²) in [7, 11) is 0. The molecule has 1 unspecified atom stereocenters. The van der Waals surface area contributed by atoms with E-state index in [-0.39, 0.29) is 11.7 Å². The predicted octanol–water partition coefficient (Wildman–Crippen LogP) is 0.942. The molecule has 1 saturated heterocycles. The van der Waals surface area contributed by atoms with E-state index in [0.717, 1.165) is 13.1 Å². The van der Waals surface area contributed by atoms with Crippen LogP contribution in [0.4, 0.5) is 0 Å². The molecular formula is C12H16N4O2. The zero-order chi connectivity index (χ0) is 12.5. The van der Waals surface area contributed by atoms with Crippen molar-refractivity contribution in [2.24, 2.45) is 0 Å². The summed E-state index contributed by atoms with van der Waals surface area (Å²) in [5.41, 5.74) is 0.0195. The molecule has 1 N–H and O–H groups in total. The van der Waals surface area contributed by atoms with E-state index in [1.165, 1.54) is 25.5 Å². The number of aromatic carboxylic acids is 1. The van der Waals surface area contributed by atoms with Crippen molar-refractivity contribution in [2.75, 3.05) is 13.1 Å². The normalized spacial score (nSPS) is 25.0. The van der Waals surface area contributed by atoms with E-state index in [1.807, 2.05) is 0 Å². The minimum atomic E-state index is -1.02. The quantitative estimate of drug-likeness (QED) is 0.806. The summed E-state index contributed by atoms with van der Waals surface area (Å²) >= 11 is 0. The van der Waals surface area contributed by atoms with Crippen LogP contribution in [-0.2, 0) is 0 Å². The largest absolute Gasteiger partial charge is 0.476 e. The third-order valence-electron chi connectivity index (χ3n) is 3.69. The molecule has 1 aliphatic carbocycles. The van der Waals surface area contributed by atoms with E-state index in [2.05, 4.69) is 27.4 Å². The standard InChI is InChI=1S/C12H16N4O2/c17-12(18)11-8-16(14-13-11)10-6-15(7-10)9-4-2-1-3-5-9/h2,4,8-10H,1,3,5-7H2,(H,17,18). The molecule has 6 nitrogen and oxygen atoms in total. The van der Waals surface area contributed by atoms with Gasteiger partial charge in [0.2, 0.25) is 0 Å². The predicted molar refractivity (Wildman–Crippen MR) is 64.4 cm³/mol. The van der Waals surface area contributed by atoms with Crippen LogP contribution < -0.4 is 0 Å². The lowest BCUT2D eigenvalue weighted by Gasteiger charge is -2.43. The third-order valence-corrected chi connectivity index (χ3v) is 3.69. The smallest absolute Gasteiger partial charge is 0.358 e. The van der Waals surface area contributed by atoms with Gasteiger partial charge in [-0.25, -0.2) is 9.48 Å². The lowest BCUT2D eigenvalue weighted by molar-refractivity contribution is 0.0643. The first-order chi connectivity index (χ1) is 8.74. The van der Waals surface area contributed by atoms with E-state index in [1.54, 1.807) is 4.68 Å². The van der Waals surface area contributed by atoms with Gasteiger partial charge in [0.25, 0.3) is 0 Å². The van der Waals surface area contributed by atoms with Crippen LogP contribution in [0.2, 0.25) is 0 Å². The van der Waals surface area contributed by atoms with E-state index < -0.39 is 5.97 Å². The van der Waals surface area contributed by atoms with Crippen molar-refractivity contribution in [2.45, 2.75) is 31.3 Å². The minimum Gasteiger partial charge on any atom is -0.476 e. The number of carboxylic acids is 1.